The number of fused-ring (bicyclic) bond motifs is 1. The van der Waals surface area contributed by atoms with E-state index in [4.69, 9.17) is 0 Å². The van der Waals surface area contributed by atoms with Crippen LogP contribution >= 0.6 is 0 Å². The molecule has 3 heterocycles. The first kappa shape index (κ1) is 20.6. The van der Waals surface area contributed by atoms with E-state index in [2.05, 4.69) is 15.3 Å². The number of hydrogen-bond donors (Lipinski definition) is 1. The van der Waals surface area contributed by atoms with Gasteiger partial charge < -0.3 is 5.32 Å². The van der Waals surface area contributed by atoms with Crippen molar-refractivity contribution in [1.29, 1.82) is 0 Å². The minimum absolute atomic E-state index is 0.224. The van der Waals surface area contributed by atoms with Crippen LogP contribution in [-0.4, -0.2) is 20.3 Å². The third-order valence-corrected chi connectivity index (χ3v) is 5.64. The Bertz CT molecular complexity index is 1490. The molecule has 5 rings (SSSR count). The average molecular weight is 436 g/mol. The largest absolute Gasteiger partial charge is 0.322 e. The topological polar surface area (TPSA) is 59.3 Å². The molecule has 1 N–H and O–H groups in total. The molecule has 3 aromatic heterocycles. The molecule has 0 atom stereocenters. The highest BCUT2D eigenvalue weighted by atomic mass is 19.1. The summed E-state index contributed by atoms with van der Waals surface area (Å²) in [6.45, 7) is 3.81. The maximum atomic E-state index is 14.4. The van der Waals surface area contributed by atoms with Crippen LogP contribution in [0, 0.1) is 19.7 Å². The van der Waals surface area contributed by atoms with Crippen molar-refractivity contribution in [2.75, 3.05) is 5.32 Å². The van der Waals surface area contributed by atoms with Gasteiger partial charge in [-0.25, -0.2) is 9.37 Å². The van der Waals surface area contributed by atoms with E-state index in [0.29, 0.717) is 22.6 Å². The molecule has 0 aliphatic carbocycles. The molecule has 1 amide bonds. The maximum Gasteiger partial charge on any atom is 0.257 e. The fourth-order valence-electron chi connectivity index (χ4n) is 3.85. The molecule has 2 aromatic carbocycles. The lowest BCUT2D eigenvalue weighted by atomic mass is 10.0. The fraction of sp³-hybridized carbons (Fsp3) is 0.0741. The Morgan fingerprint density at radius 3 is 2.45 bits per heavy atom. The second-order valence-electron chi connectivity index (χ2n) is 7.92. The minimum atomic E-state index is -0.331. The summed E-state index contributed by atoms with van der Waals surface area (Å²) in [4.78, 5) is 21.9. The number of rotatable bonds is 4. The maximum absolute atomic E-state index is 14.4. The predicted octanol–water partition coefficient (Wildman–Crippen LogP) is 6.07. The molecule has 0 saturated carbocycles. The summed E-state index contributed by atoms with van der Waals surface area (Å²) in [5.41, 5.74) is 5.82. The van der Waals surface area contributed by atoms with Crippen LogP contribution in [0.1, 0.15) is 21.6 Å². The van der Waals surface area contributed by atoms with E-state index in [1.165, 1.54) is 6.07 Å². The van der Waals surface area contributed by atoms with Crippen LogP contribution in [0.3, 0.4) is 0 Å². The van der Waals surface area contributed by atoms with E-state index in [1.54, 1.807) is 30.6 Å². The first-order valence-electron chi connectivity index (χ1n) is 10.6. The molecule has 0 radical (unpaired) electrons. The van der Waals surface area contributed by atoms with E-state index >= 15 is 0 Å². The molecule has 0 bridgehead atoms. The summed E-state index contributed by atoms with van der Waals surface area (Å²) in [5.74, 6) is -0.0389. The van der Waals surface area contributed by atoms with Gasteiger partial charge in [0.15, 0.2) is 0 Å². The molecule has 162 valence electrons. The van der Waals surface area contributed by atoms with Crippen molar-refractivity contribution in [3.8, 4) is 22.5 Å². The number of carbonyl (C=O) groups is 1. The number of aryl methyl sites for hydroxylation is 2. The van der Waals surface area contributed by atoms with Gasteiger partial charge in [0.2, 0.25) is 0 Å². The van der Waals surface area contributed by atoms with E-state index in [9.17, 15) is 9.18 Å². The lowest BCUT2D eigenvalue weighted by Crippen LogP contribution is -2.14. The van der Waals surface area contributed by atoms with Gasteiger partial charge in [0, 0.05) is 29.2 Å². The van der Waals surface area contributed by atoms with Gasteiger partial charge in [-0.05, 0) is 50.2 Å². The van der Waals surface area contributed by atoms with E-state index in [-0.39, 0.29) is 11.7 Å². The number of imidazole rings is 1. The van der Waals surface area contributed by atoms with E-state index < -0.39 is 0 Å². The molecule has 5 nitrogen and oxygen atoms in total. The van der Waals surface area contributed by atoms with Gasteiger partial charge in [-0.3, -0.25) is 14.2 Å². The SMILES string of the molecule is Cc1ccc(NC(=O)c2cc(-c3cccn4c(-c5ccccc5F)ncc34)cnc2C)cc1. The van der Waals surface area contributed by atoms with Crippen molar-refractivity contribution >= 4 is 17.1 Å². The van der Waals surface area contributed by atoms with Gasteiger partial charge >= 0.3 is 0 Å². The summed E-state index contributed by atoms with van der Waals surface area (Å²) in [7, 11) is 0. The zero-order valence-electron chi connectivity index (χ0n) is 18.2. The molecular formula is C27H21FN4O. The smallest absolute Gasteiger partial charge is 0.257 e. The molecule has 0 aliphatic rings. The molecule has 0 saturated heterocycles. The average Bonchev–Trinajstić information content (AvgIpc) is 3.25. The Morgan fingerprint density at radius 1 is 0.909 bits per heavy atom. The van der Waals surface area contributed by atoms with Crippen molar-refractivity contribution in [2.45, 2.75) is 13.8 Å². The second-order valence-corrected chi connectivity index (χ2v) is 7.92. The Kier molecular flexibility index (Phi) is 5.18. The van der Waals surface area contributed by atoms with Gasteiger partial charge in [0.25, 0.3) is 5.91 Å². The Balaban J connectivity index is 1.55. The van der Waals surface area contributed by atoms with Gasteiger partial charge in [-0.1, -0.05) is 35.9 Å². The highest BCUT2D eigenvalue weighted by Gasteiger charge is 2.16. The van der Waals surface area contributed by atoms with Gasteiger partial charge in [0.05, 0.1) is 28.5 Å². The number of aromatic nitrogens is 3. The van der Waals surface area contributed by atoms with Crippen LogP contribution in [-0.2, 0) is 0 Å². The molecule has 0 unspecified atom stereocenters. The number of carbonyl (C=O) groups excluding carboxylic acids is 1. The Morgan fingerprint density at radius 2 is 1.67 bits per heavy atom. The standard InChI is InChI=1S/C27H21FN4O/c1-17-9-11-20(12-10-17)31-27(33)23-14-19(15-29-18(23)2)21-7-5-13-32-25(21)16-30-26(32)22-6-3-4-8-24(22)28/h3-16H,1-2H3,(H,31,33). The van der Waals surface area contributed by atoms with Crippen molar-refractivity contribution in [3.63, 3.8) is 0 Å². The van der Waals surface area contributed by atoms with E-state index in [1.807, 2.05) is 66.9 Å². The van der Waals surface area contributed by atoms with Crippen molar-refractivity contribution < 1.29 is 9.18 Å². The summed E-state index contributed by atoms with van der Waals surface area (Å²) in [5, 5.41) is 2.94. The Hall–Kier alpha value is -4.32. The van der Waals surface area contributed by atoms with Gasteiger partial charge in [0.1, 0.15) is 11.6 Å². The molecule has 0 fully saturated rings. The lowest BCUT2D eigenvalue weighted by Gasteiger charge is -2.11. The first-order valence-corrected chi connectivity index (χ1v) is 10.6. The number of halogens is 1. The zero-order chi connectivity index (χ0) is 22.9. The summed E-state index contributed by atoms with van der Waals surface area (Å²) in [6, 6.07) is 19.9. The van der Waals surface area contributed by atoms with Crippen LogP contribution in [0.15, 0.2) is 85.3 Å². The monoisotopic (exact) mass is 436 g/mol. The van der Waals surface area contributed by atoms with Gasteiger partial charge in [-0.2, -0.15) is 0 Å². The summed E-state index contributed by atoms with van der Waals surface area (Å²) < 4.78 is 16.2. The number of pyridine rings is 2. The molecular weight excluding hydrogens is 415 g/mol. The number of anilines is 1. The van der Waals surface area contributed by atoms with Crippen LogP contribution in [0.2, 0.25) is 0 Å². The number of hydrogen-bond acceptors (Lipinski definition) is 3. The van der Waals surface area contributed by atoms with Gasteiger partial charge in [-0.15, -0.1) is 0 Å². The number of nitrogens with zero attached hydrogens (tertiary/aromatic N) is 3. The third kappa shape index (κ3) is 3.87. The van der Waals surface area contributed by atoms with Crippen molar-refractivity contribution in [1.82, 2.24) is 14.4 Å². The van der Waals surface area contributed by atoms with Crippen molar-refractivity contribution in [3.05, 3.63) is 108 Å². The summed E-state index contributed by atoms with van der Waals surface area (Å²) in [6.07, 6.45) is 5.30. The van der Waals surface area contributed by atoms with E-state index in [0.717, 1.165) is 27.9 Å². The second kappa shape index (κ2) is 8.31. The Labute approximate surface area is 190 Å². The predicted molar refractivity (Wildman–Crippen MR) is 128 cm³/mol. The fourth-order valence-corrected chi connectivity index (χ4v) is 3.85. The molecule has 0 spiro atoms. The van der Waals surface area contributed by atoms with Crippen LogP contribution in [0.5, 0.6) is 0 Å². The number of nitrogens with one attached hydrogen (secondary N) is 1. The third-order valence-electron chi connectivity index (χ3n) is 5.64. The molecule has 6 heteroatoms. The highest BCUT2D eigenvalue weighted by Crippen LogP contribution is 2.30. The number of amides is 1. The molecule has 33 heavy (non-hydrogen) atoms. The minimum Gasteiger partial charge on any atom is -0.322 e. The zero-order valence-corrected chi connectivity index (χ0v) is 18.2. The van der Waals surface area contributed by atoms with Crippen LogP contribution in [0.4, 0.5) is 10.1 Å². The van der Waals surface area contributed by atoms with Crippen LogP contribution < -0.4 is 5.32 Å². The summed E-state index contributed by atoms with van der Waals surface area (Å²) >= 11 is 0. The quantitative estimate of drug-likeness (QED) is 0.372. The van der Waals surface area contributed by atoms with Crippen molar-refractivity contribution in [2.24, 2.45) is 0 Å². The lowest BCUT2D eigenvalue weighted by molar-refractivity contribution is 0.102. The normalized spacial score (nSPS) is 11.0. The number of benzene rings is 2. The molecule has 0 aliphatic heterocycles. The highest BCUT2D eigenvalue weighted by molar-refractivity contribution is 6.05. The van der Waals surface area contributed by atoms with Crippen LogP contribution in [0.25, 0.3) is 28.0 Å². The first-order chi connectivity index (χ1) is 16.0. The molecule has 5 aromatic rings.